The molecule has 0 fully saturated rings. The summed E-state index contributed by atoms with van der Waals surface area (Å²) in [4.78, 5) is 28.6. The molecule has 2 amide bonds. The Bertz CT molecular complexity index is 566. The molecule has 5 nitrogen and oxygen atoms in total. The van der Waals surface area contributed by atoms with Gasteiger partial charge in [0, 0.05) is 17.6 Å². The van der Waals surface area contributed by atoms with Crippen molar-refractivity contribution in [2.24, 2.45) is 5.92 Å². The lowest BCUT2D eigenvalue weighted by atomic mass is 10.0. The summed E-state index contributed by atoms with van der Waals surface area (Å²) in [5.41, 5.74) is 0. The zero-order valence-corrected chi connectivity index (χ0v) is 12.8. The molecular formula is C13H15N3O2S2. The minimum Gasteiger partial charge on any atom is -0.348 e. The fourth-order valence-corrected chi connectivity index (χ4v) is 2.70. The van der Waals surface area contributed by atoms with E-state index in [1.165, 1.54) is 22.7 Å². The summed E-state index contributed by atoms with van der Waals surface area (Å²) in [7, 11) is 0. The Morgan fingerprint density at radius 3 is 2.65 bits per heavy atom. The number of aromatic nitrogens is 1. The van der Waals surface area contributed by atoms with Crippen molar-refractivity contribution in [1.29, 1.82) is 0 Å². The Morgan fingerprint density at radius 1 is 1.25 bits per heavy atom. The van der Waals surface area contributed by atoms with Crippen molar-refractivity contribution in [3.63, 3.8) is 0 Å². The van der Waals surface area contributed by atoms with Crippen LogP contribution in [-0.4, -0.2) is 22.8 Å². The van der Waals surface area contributed by atoms with Crippen LogP contribution in [0, 0.1) is 5.92 Å². The average molecular weight is 309 g/mol. The van der Waals surface area contributed by atoms with Gasteiger partial charge in [0.1, 0.15) is 0 Å². The summed E-state index contributed by atoms with van der Waals surface area (Å²) < 4.78 is 0. The number of anilines is 1. The van der Waals surface area contributed by atoms with Gasteiger partial charge in [-0.2, -0.15) is 0 Å². The van der Waals surface area contributed by atoms with E-state index in [9.17, 15) is 9.59 Å². The number of thiazole rings is 1. The van der Waals surface area contributed by atoms with E-state index in [1.807, 2.05) is 18.4 Å². The molecule has 0 spiro atoms. The molecule has 2 N–H and O–H groups in total. The molecule has 2 heterocycles. The van der Waals surface area contributed by atoms with Crippen LogP contribution in [0.3, 0.4) is 0 Å². The molecule has 1 unspecified atom stereocenters. The van der Waals surface area contributed by atoms with Gasteiger partial charge in [0.25, 0.3) is 5.91 Å². The first-order valence-corrected chi connectivity index (χ1v) is 7.88. The van der Waals surface area contributed by atoms with E-state index < -0.39 is 0 Å². The second-order valence-electron chi connectivity index (χ2n) is 4.35. The second kappa shape index (κ2) is 6.62. The fraction of sp³-hybridized carbons (Fsp3) is 0.308. The van der Waals surface area contributed by atoms with Gasteiger partial charge in [0.15, 0.2) is 5.13 Å². The molecule has 106 valence electrons. The van der Waals surface area contributed by atoms with Gasteiger partial charge in [-0.15, -0.1) is 22.7 Å². The highest BCUT2D eigenvalue weighted by Crippen LogP contribution is 2.14. The van der Waals surface area contributed by atoms with Crippen molar-refractivity contribution in [2.45, 2.75) is 19.9 Å². The van der Waals surface area contributed by atoms with Crippen molar-refractivity contribution in [3.8, 4) is 0 Å². The van der Waals surface area contributed by atoms with Gasteiger partial charge in [0.05, 0.1) is 10.8 Å². The quantitative estimate of drug-likeness (QED) is 0.892. The smallest absolute Gasteiger partial charge is 0.261 e. The van der Waals surface area contributed by atoms with Crippen LogP contribution in [0.4, 0.5) is 5.13 Å². The maximum atomic E-state index is 12.0. The predicted octanol–water partition coefficient (Wildman–Crippen LogP) is 2.60. The topological polar surface area (TPSA) is 71.1 Å². The molecule has 2 rings (SSSR count). The number of nitrogens with one attached hydrogen (secondary N) is 2. The van der Waals surface area contributed by atoms with Crippen molar-refractivity contribution < 1.29 is 9.59 Å². The van der Waals surface area contributed by atoms with Crippen molar-refractivity contribution >= 4 is 39.6 Å². The third-order valence-corrected chi connectivity index (χ3v) is 4.49. The molecule has 0 aliphatic carbocycles. The van der Waals surface area contributed by atoms with Crippen LogP contribution >= 0.6 is 22.7 Å². The molecule has 0 bridgehead atoms. The van der Waals surface area contributed by atoms with Gasteiger partial charge in [-0.25, -0.2) is 4.98 Å². The fourth-order valence-electron chi connectivity index (χ4n) is 1.54. The van der Waals surface area contributed by atoms with Crippen LogP contribution in [0.25, 0.3) is 0 Å². The molecule has 0 aliphatic heterocycles. The van der Waals surface area contributed by atoms with Crippen LogP contribution in [0.15, 0.2) is 29.1 Å². The second-order valence-corrected chi connectivity index (χ2v) is 6.20. The van der Waals surface area contributed by atoms with Gasteiger partial charge in [-0.05, 0) is 18.4 Å². The molecule has 0 aromatic carbocycles. The lowest BCUT2D eigenvalue weighted by molar-refractivity contribution is -0.120. The molecule has 0 saturated carbocycles. The Hall–Kier alpha value is -1.73. The SMILES string of the molecule is CC(NC(=O)c1cccs1)[C@H](C)C(=O)Nc1nccs1. The number of thiophene rings is 1. The van der Waals surface area contributed by atoms with Crippen LogP contribution < -0.4 is 10.6 Å². The molecule has 0 radical (unpaired) electrons. The molecule has 2 atom stereocenters. The third kappa shape index (κ3) is 3.64. The number of hydrogen-bond donors (Lipinski definition) is 2. The van der Waals surface area contributed by atoms with E-state index >= 15 is 0 Å². The first-order chi connectivity index (χ1) is 9.58. The zero-order chi connectivity index (χ0) is 14.5. The molecule has 20 heavy (non-hydrogen) atoms. The minimum atomic E-state index is -0.345. The van der Waals surface area contributed by atoms with E-state index in [0.29, 0.717) is 10.0 Å². The summed E-state index contributed by atoms with van der Waals surface area (Å²) in [5, 5.41) is 9.77. The molecule has 0 saturated heterocycles. The summed E-state index contributed by atoms with van der Waals surface area (Å²) in [6, 6.07) is 3.32. The van der Waals surface area contributed by atoms with Crippen molar-refractivity contribution in [3.05, 3.63) is 34.0 Å². The standard InChI is InChI=1S/C13H15N3O2S2/c1-8(11(17)16-13-14-5-7-20-13)9(2)15-12(18)10-4-3-6-19-10/h3-9H,1-2H3,(H,15,18)(H,14,16,17)/t8-,9?/m0/s1. The molecule has 2 aromatic heterocycles. The van der Waals surface area contributed by atoms with E-state index in [0.717, 1.165) is 0 Å². The van der Waals surface area contributed by atoms with Crippen LogP contribution in [0.5, 0.6) is 0 Å². The number of amides is 2. The monoisotopic (exact) mass is 309 g/mol. The highest BCUT2D eigenvalue weighted by atomic mass is 32.1. The van der Waals surface area contributed by atoms with E-state index in [2.05, 4.69) is 15.6 Å². The van der Waals surface area contributed by atoms with Gasteiger partial charge in [0.2, 0.25) is 5.91 Å². The van der Waals surface area contributed by atoms with E-state index in [1.54, 1.807) is 24.6 Å². The Kier molecular flexibility index (Phi) is 4.86. The number of hydrogen-bond acceptors (Lipinski definition) is 5. The summed E-state index contributed by atoms with van der Waals surface area (Å²) in [5.74, 6) is -0.650. The maximum Gasteiger partial charge on any atom is 0.261 e. The van der Waals surface area contributed by atoms with E-state index in [-0.39, 0.29) is 23.8 Å². The molecular weight excluding hydrogens is 294 g/mol. The van der Waals surface area contributed by atoms with Gasteiger partial charge < -0.3 is 10.6 Å². The number of carbonyl (C=O) groups excluding carboxylic acids is 2. The van der Waals surface area contributed by atoms with Crippen LogP contribution in [-0.2, 0) is 4.79 Å². The first kappa shape index (κ1) is 14.7. The van der Waals surface area contributed by atoms with Gasteiger partial charge in [-0.3, -0.25) is 9.59 Å². The highest BCUT2D eigenvalue weighted by Gasteiger charge is 2.23. The Balaban J connectivity index is 1.89. The highest BCUT2D eigenvalue weighted by molar-refractivity contribution is 7.13. The molecule has 2 aromatic rings. The zero-order valence-electron chi connectivity index (χ0n) is 11.1. The van der Waals surface area contributed by atoms with Crippen LogP contribution in [0.2, 0.25) is 0 Å². The van der Waals surface area contributed by atoms with Crippen LogP contribution in [0.1, 0.15) is 23.5 Å². The van der Waals surface area contributed by atoms with Crippen molar-refractivity contribution in [2.75, 3.05) is 5.32 Å². The number of nitrogens with zero attached hydrogens (tertiary/aromatic N) is 1. The molecule has 0 aliphatic rings. The summed E-state index contributed by atoms with van der Waals surface area (Å²) in [6.45, 7) is 3.60. The minimum absolute atomic E-state index is 0.151. The molecule has 7 heteroatoms. The van der Waals surface area contributed by atoms with Gasteiger partial charge in [-0.1, -0.05) is 13.0 Å². The first-order valence-electron chi connectivity index (χ1n) is 6.12. The maximum absolute atomic E-state index is 12.0. The predicted molar refractivity (Wildman–Crippen MR) is 81.2 cm³/mol. The largest absolute Gasteiger partial charge is 0.348 e. The lowest BCUT2D eigenvalue weighted by Gasteiger charge is -2.19. The van der Waals surface area contributed by atoms with E-state index in [4.69, 9.17) is 0 Å². The normalized spacial score (nSPS) is 13.5. The summed E-state index contributed by atoms with van der Waals surface area (Å²) in [6.07, 6.45) is 1.63. The summed E-state index contributed by atoms with van der Waals surface area (Å²) >= 11 is 2.74. The lowest BCUT2D eigenvalue weighted by Crippen LogP contribution is -2.41. The average Bonchev–Trinajstić information content (AvgIpc) is 3.10. The van der Waals surface area contributed by atoms with Crippen molar-refractivity contribution in [1.82, 2.24) is 10.3 Å². The number of rotatable bonds is 5. The number of carbonyl (C=O) groups is 2. The Morgan fingerprint density at radius 2 is 2.05 bits per heavy atom. The Labute approximate surface area is 125 Å². The van der Waals surface area contributed by atoms with Gasteiger partial charge >= 0.3 is 0 Å². The third-order valence-electron chi connectivity index (χ3n) is 2.93.